The molecular formula is C10H18N2O2S. The molecule has 0 radical (unpaired) electrons. The average Bonchev–Trinajstić information content (AvgIpc) is 2.17. The second-order valence-electron chi connectivity index (χ2n) is 3.97. The van der Waals surface area contributed by atoms with Gasteiger partial charge in [-0.15, -0.1) is 6.42 Å². The number of piperidine rings is 1. The second kappa shape index (κ2) is 4.97. The predicted molar refractivity (Wildman–Crippen MR) is 60.4 cm³/mol. The fourth-order valence-corrected chi connectivity index (χ4v) is 3.35. The van der Waals surface area contributed by atoms with Gasteiger partial charge in [0.1, 0.15) is 0 Å². The molecule has 2 atom stereocenters. The first-order valence-electron chi connectivity index (χ1n) is 5.22. The van der Waals surface area contributed by atoms with E-state index in [0.717, 1.165) is 19.3 Å². The van der Waals surface area contributed by atoms with Crippen LogP contribution in [0.15, 0.2) is 0 Å². The van der Waals surface area contributed by atoms with Gasteiger partial charge in [-0.25, -0.2) is 0 Å². The average molecular weight is 230 g/mol. The molecule has 2 unspecified atom stereocenters. The van der Waals surface area contributed by atoms with Crippen LogP contribution in [0.4, 0.5) is 0 Å². The van der Waals surface area contributed by atoms with Crippen LogP contribution in [0.25, 0.3) is 0 Å². The molecule has 86 valence electrons. The summed E-state index contributed by atoms with van der Waals surface area (Å²) in [6.07, 6.45) is 8.09. The summed E-state index contributed by atoms with van der Waals surface area (Å²) in [5.74, 6) is 2.36. The van der Waals surface area contributed by atoms with E-state index in [2.05, 4.69) is 10.6 Å². The molecule has 0 amide bonds. The van der Waals surface area contributed by atoms with Crippen molar-refractivity contribution in [3.63, 3.8) is 0 Å². The van der Waals surface area contributed by atoms with Crippen LogP contribution in [0.3, 0.4) is 0 Å². The second-order valence-corrected chi connectivity index (χ2v) is 5.62. The van der Waals surface area contributed by atoms with Gasteiger partial charge in [-0.3, -0.25) is 0 Å². The highest BCUT2D eigenvalue weighted by atomic mass is 32.2. The standard InChI is InChI=1S/C10H18N2O2S/c1-4-9(2)11-15(13,14)12-8-6-5-7-10(12)3/h1,9-11H,5-8H2,2-3H3. The summed E-state index contributed by atoms with van der Waals surface area (Å²) in [7, 11) is -3.40. The van der Waals surface area contributed by atoms with Crippen LogP contribution in [0, 0.1) is 12.3 Å². The Kier molecular flexibility index (Phi) is 4.14. The third-order valence-electron chi connectivity index (χ3n) is 2.63. The van der Waals surface area contributed by atoms with E-state index in [-0.39, 0.29) is 6.04 Å². The van der Waals surface area contributed by atoms with Gasteiger partial charge in [-0.05, 0) is 26.7 Å². The van der Waals surface area contributed by atoms with Crippen LogP contribution >= 0.6 is 0 Å². The minimum atomic E-state index is -3.40. The van der Waals surface area contributed by atoms with Gasteiger partial charge in [0.05, 0.1) is 6.04 Å². The quantitative estimate of drug-likeness (QED) is 0.726. The van der Waals surface area contributed by atoms with Gasteiger partial charge in [0, 0.05) is 12.6 Å². The number of rotatable bonds is 3. The fraction of sp³-hybridized carbons (Fsp3) is 0.800. The largest absolute Gasteiger partial charge is 0.280 e. The summed E-state index contributed by atoms with van der Waals surface area (Å²) in [6.45, 7) is 4.18. The Labute approximate surface area is 92.2 Å². The molecule has 1 aliphatic heterocycles. The first-order valence-corrected chi connectivity index (χ1v) is 6.66. The molecule has 1 rings (SSSR count). The van der Waals surface area contributed by atoms with E-state index in [1.54, 1.807) is 6.92 Å². The Morgan fingerprint density at radius 2 is 2.20 bits per heavy atom. The van der Waals surface area contributed by atoms with Gasteiger partial charge in [0.25, 0.3) is 10.2 Å². The maximum absolute atomic E-state index is 11.9. The van der Waals surface area contributed by atoms with Crippen LogP contribution in [0.2, 0.25) is 0 Å². The molecule has 0 aromatic carbocycles. The number of terminal acetylenes is 1. The fourth-order valence-electron chi connectivity index (χ4n) is 1.75. The SMILES string of the molecule is C#CC(C)NS(=O)(=O)N1CCCCC1C. The minimum Gasteiger partial charge on any atom is -0.195 e. The lowest BCUT2D eigenvalue weighted by Crippen LogP contribution is -2.49. The molecule has 1 fully saturated rings. The molecule has 0 spiro atoms. The van der Waals surface area contributed by atoms with E-state index in [4.69, 9.17) is 6.42 Å². The van der Waals surface area contributed by atoms with Crippen molar-refractivity contribution in [3.8, 4) is 12.3 Å². The lowest BCUT2D eigenvalue weighted by Gasteiger charge is -2.32. The van der Waals surface area contributed by atoms with Gasteiger partial charge in [-0.1, -0.05) is 12.3 Å². The molecular weight excluding hydrogens is 212 g/mol. The first kappa shape index (κ1) is 12.5. The normalized spacial score (nSPS) is 25.8. The van der Waals surface area contributed by atoms with Crippen molar-refractivity contribution in [1.82, 2.24) is 9.03 Å². The zero-order valence-corrected chi connectivity index (χ0v) is 10.0. The van der Waals surface area contributed by atoms with E-state index in [9.17, 15) is 8.42 Å². The smallest absolute Gasteiger partial charge is 0.195 e. The maximum Gasteiger partial charge on any atom is 0.280 e. The van der Waals surface area contributed by atoms with Crippen LogP contribution in [-0.2, 0) is 10.2 Å². The molecule has 4 nitrogen and oxygen atoms in total. The van der Waals surface area contributed by atoms with Crippen molar-refractivity contribution in [2.75, 3.05) is 6.54 Å². The van der Waals surface area contributed by atoms with E-state index in [1.165, 1.54) is 4.31 Å². The molecule has 0 saturated carbocycles. The summed E-state index contributed by atoms with van der Waals surface area (Å²) in [4.78, 5) is 0. The molecule has 0 aliphatic carbocycles. The Morgan fingerprint density at radius 1 is 1.53 bits per heavy atom. The van der Waals surface area contributed by atoms with E-state index in [0.29, 0.717) is 6.54 Å². The molecule has 15 heavy (non-hydrogen) atoms. The molecule has 1 heterocycles. The Hall–Kier alpha value is -0.570. The molecule has 1 saturated heterocycles. The van der Waals surface area contributed by atoms with E-state index < -0.39 is 16.3 Å². The van der Waals surface area contributed by atoms with E-state index >= 15 is 0 Å². The predicted octanol–water partition coefficient (Wildman–Crippen LogP) is 0.717. The molecule has 0 aromatic rings. The molecule has 0 aromatic heterocycles. The van der Waals surface area contributed by atoms with Gasteiger partial charge >= 0.3 is 0 Å². The van der Waals surface area contributed by atoms with Crippen molar-refractivity contribution < 1.29 is 8.42 Å². The lowest BCUT2D eigenvalue weighted by molar-refractivity contribution is 0.265. The van der Waals surface area contributed by atoms with Gasteiger partial charge < -0.3 is 0 Å². The molecule has 5 heteroatoms. The monoisotopic (exact) mass is 230 g/mol. The Balaban J connectivity index is 2.72. The highest BCUT2D eigenvalue weighted by molar-refractivity contribution is 7.87. The van der Waals surface area contributed by atoms with Crippen LogP contribution in [-0.4, -0.2) is 31.4 Å². The zero-order chi connectivity index (χ0) is 11.5. The van der Waals surface area contributed by atoms with Crippen LogP contribution in [0.5, 0.6) is 0 Å². The molecule has 1 N–H and O–H groups in total. The highest BCUT2D eigenvalue weighted by Crippen LogP contribution is 2.19. The van der Waals surface area contributed by atoms with Crippen molar-refractivity contribution >= 4 is 10.2 Å². The lowest BCUT2D eigenvalue weighted by atomic mass is 10.1. The zero-order valence-electron chi connectivity index (χ0n) is 9.23. The number of nitrogens with one attached hydrogen (secondary N) is 1. The van der Waals surface area contributed by atoms with Crippen molar-refractivity contribution in [2.45, 2.75) is 45.2 Å². The van der Waals surface area contributed by atoms with Crippen LogP contribution < -0.4 is 4.72 Å². The Morgan fingerprint density at radius 3 is 2.73 bits per heavy atom. The summed E-state index contributed by atoms with van der Waals surface area (Å²) < 4.78 is 27.7. The minimum absolute atomic E-state index is 0.0706. The van der Waals surface area contributed by atoms with Crippen molar-refractivity contribution in [1.29, 1.82) is 0 Å². The number of hydrogen-bond acceptors (Lipinski definition) is 2. The maximum atomic E-state index is 11.9. The Bertz CT molecular complexity index is 345. The number of hydrogen-bond donors (Lipinski definition) is 1. The molecule has 1 aliphatic rings. The topological polar surface area (TPSA) is 49.4 Å². The summed E-state index contributed by atoms with van der Waals surface area (Å²) in [5, 5.41) is 0. The van der Waals surface area contributed by atoms with E-state index in [1.807, 2.05) is 6.92 Å². The highest BCUT2D eigenvalue weighted by Gasteiger charge is 2.29. The van der Waals surface area contributed by atoms with Crippen LogP contribution in [0.1, 0.15) is 33.1 Å². The summed E-state index contributed by atoms with van der Waals surface area (Å²) in [6, 6.07) is -0.384. The van der Waals surface area contributed by atoms with Crippen molar-refractivity contribution in [3.05, 3.63) is 0 Å². The summed E-state index contributed by atoms with van der Waals surface area (Å²) >= 11 is 0. The van der Waals surface area contributed by atoms with Gasteiger partial charge in [0.2, 0.25) is 0 Å². The van der Waals surface area contributed by atoms with Gasteiger partial charge in [0.15, 0.2) is 0 Å². The van der Waals surface area contributed by atoms with Crippen molar-refractivity contribution in [2.24, 2.45) is 0 Å². The number of nitrogens with zero attached hydrogens (tertiary/aromatic N) is 1. The van der Waals surface area contributed by atoms with Gasteiger partial charge in [-0.2, -0.15) is 17.4 Å². The summed E-state index contributed by atoms with van der Waals surface area (Å²) in [5.41, 5.74) is 0. The third-order valence-corrected chi connectivity index (χ3v) is 4.44. The third kappa shape index (κ3) is 3.20. The molecule has 0 bridgehead atoms. The first-order chi connectivity index (χ1) is 6.97.